The lowest BCUT2D eigenvalue weighted by Gasteiger charge is -2.18. The van der Waals surface area contributed by atoms with E-state index < -0.39 is 11.5 Å². The third-order valence-corrected chi connectivity index (χ3v) is 5.87. The molecule has 3 aromatic rings. The van der Waals surface area contributed by atoms with Gasteiger partial charge in [-0.15, -0.1) is 11.3 Å². The highest BCUT2D eigenvalue weighted by Crippen LogP contribution is 2.29. The minimum absolute atomic E-state index is 0.0753. The number of anilines is 1. The first kappa shape index (κ1) is 20.7. The van der Waals surface area contributed by atoms with Crippen molar-refractivity contribution in [1.82, 2.24) is 9.55 Å². The fraction of sp³-hybridized carbons (Fsp3) is 0.286. The molecule has 3 heterocycles. The number of aryl methyl sites for hydroxylation is 1. The Morgan fingerprint density at radius 2 is 2.10 bits per heavy atom. The molecule has 2 aromatic heterocycles. The van der Waals surface area contributed by atoms with Gasteiger partial charge in [-0.25, -0.2) is 9.78 Å². The van der Waals surface area contributed by atoms with E-state index in [1.807, 2.05) is 0 Å². The molecule has 1 aliphatic heterocycles. The van der Waals surface area contributed by atoms with Crippen LogP contribution >= 0.6 is 11.3 Å². The quantitative estimate of drug-likeness (QED) is 0.478. The van der Waals surface area contributed by atoms with Crippen molar-refractivity contribution < 1.29 is 23.9 Å². The number of hydrogen-bond donors (Lipinski definition) is 1. The maximum atomic E-state index is 13.0. The number of hydrogen-bond acceptors (Lipinski definition) is 8. The van der Waals surface area contributed by atoms with Gasteiger partial charge < -0.3 is 14.8 Å². The van der Waals surface area contributed by atoms with Gasteiger partial charge in [0.1, 0.15) is 15.5 Å². The van der Waals surface area contributed by atoms with E-state index >= 15 is 0 Å². The van der Waals surface area contributed by atoms with Crippen molar-refractivity contribution in [3.8, 4) is 5.75 Å². The second kappa shape index (κ2) is 7.95. The van der Waals surface area contributed by atoms with E-state index in [2.05, 4.69) is 10.3 Å². The van der Waals surface area contributed by atoms with Crippen molar-refractivity contribution in [1.29, 1.82) is 0 Å². The van der Waals surface area contributed by atoms with Gasteiger partial charge in [0.15, 0.2) is 12.4 Å². The summed E-state index contributed by atoms with van der Waals surface area (Å²) in [6.07, 6.45) is 1.01. The molecular weight excluding hydrogens is 422 g/mol. The Kier molecular flexibility index (Phi) is 5.32. The van der Waals surface area contributed by atoms with Crippen molar-refractivity contribution in [3.63, 3.8) is 0 Å². The molecule has 0 atom stereocenters. The first-order valence-electron chi connectivity index (χ1n) is 9.54. The molecule has 0 bridgehead atoms. The number of carbonyl (C=O) groups is 3. The number of benzene rings is 1. The summed E-state index contributed by atoms with van der Waals surface area (Å²) in [5.41, 5.74) is 0.800. The molecule has 1 aliphatic rings. The van der Waals surface area contributed by atoms with E-state index in [4.69, 9.17) is 9.47 Å². The third kappa shape index (κ3) is 3.93. The summed E-state index contributed by atoms with van der Waals surface area (Å²) < 4.78 is 11.7. The van der Waals surface area contributed by atoms with Crippen LogP contribution in [-0.2, 0) is 16.1 Å². The van der Waals surface area contributed by atoms with Crippen LogP contribution in [0.15, 0.2) is 29.3 Å². The summed E-state index contributed by atoms with van der Waals surface area (Å²) in [4.78, 5) is 54.6. The first-order valence-corrected chi connectivity index (χ1v) is 10.4. The molecule has 9 nitrogen and oxygen atoms in total. The van der Waals surface area contributed by atoms with Crippen LogP contribution in [0.3, 0.4) is 0 Å². The number of aromatic nitrogens is 2. The normalized spacial score (nSPS) is 13.0. The summed E-state index contributed by atoms with van der Waals surface area (Å²) in [5.74, 6) is -0.664. The van der Waals surface area contributed by atoms with E-state index in [1.54, 1.807) is 32.9 Å². The lowest BCUT2D eigenvalue weighted by Crippen LogP contribution is -2.26. The Balaban J connectivity index is 1.64. The van der Waals surface area contributed by atoms with Gasteiger partial charge in [-0.1, -0.05) is 0 Å². The number of carbonyl (C=O) groups excluding carboxylic acids is 3. The number of Topliss-reactive ketones (excluding diaryl/α,β-unsaturated/α-hetero) is 1. The monoisotopic (exact) mass is 441 g/mol. The highest BCUT2D eigenvalue weighted by atomic mass is 32.1. The molecule has 1 aromatic carbocycles. The summed E-state index contributed by atoms with van der Waals surface area (Å²) in [6.45, 7) is 4.84. The van der Waals surface area contributed by atoms with Crippen molar-refractivity contribution in [2.75, 3.05) is 11.9 Å². The maximum absolute atomic E-state index is 13.0. The summed E-state index contributed by atoms with van der Waals surface area (Å²) in [6, 6.07) is 4.69. The van der Waals surface area contributed by atoms with Crippen LogP contribution in [0.1, 0.15) is 39.4 Å². The van der Waals surface area contributed by atoms with E-state index in [0.29, 0.717) is 37.7 Å². The minimum Gasteiger partial charge on any atom is -0.482 e. The van der Waals surface area contributed by atoms with Gasteiger partial charge in [-0.3, -0.25) is 19.0 Å². The molecule has 4 rings (SSSR count). The fourth-order valence-electron chi connectivity index (χ4n) is 3.24. The largest absolute Gasteiger partial charge is 0.482 e. The molecular formula is C21H19N3O6S. The van der Waals surface area contributed by atoms with Crippen molar-refractivity contribution in [3.05, 3.63) is 50.9 Å². The van der Waals surface area contributed by atoms with Crippen LogP contribution in [0.2, 0.25) is 0 Å². The number of esters is 1. The zero-order valence-electron chi connectivity index (χ0n) is 17.1. The number of nitrogens with zero attached hydrogens (tertiary/aromatic N) is 2. The molecule has 0 saturated heterocycles. The van der Waals surface area contributed by atoms with Crippen molar-refractivity contribution in [2.45, 2.75) is 33.4 Å². The van der Waals surface area contributed by atoms with E-state index in [-0.39, 0.29) is 30.9 Å². The van der Waals surface area contributed by atoms with Crippen LogP contribution in [0.25, 0.3) is 10.2 Å². The van der Waals surface area contributed by atoms with Crippen LogP contribution in [0, 0.1) is 6.92 Å². The maximum Gasteiger partial charge on any atom is 0.348 e. The average molecular weight is 441 g/mol. The highest BCUT2D eigenvalue weighted by Gasteiger charge is 2.22. The Labute approximate surface area is 180 Å². The van der Waals surface area contributed by atoms with Crippen LogP contribution < -0.4 is 15.6 Å². The van der Waals surface area contributed by atoms with Gasteiger partial charge in [0.25, 0.3) is 11.5 Å². The summed E-state index contributed by atoms with van der Waals surface area (Å²) >= 11 is 1.09. The number of thiophene rings is 1. The molecule has 10 heteroatoms. The van der Waals surface area contributed by atoms with Crippen molar-refractivity contribution >= 4 is 44.9 Å². The molecule has 1 N–H and O–H groups in total. The second-order valence-corrected chi connectivity index (χ2v) is 8.34. The lowest BCUT2D eigenvalue weighted by molar-refractivity contribution is -0.118. The minimum atomic E-state index is -0.504. The SMILES string of the molecule is Cc1c(C(=O)OC(C)C)sc2ncn(CC(=O)c3ccc4c(c3)NC(=O)CO4)c(=O)c12. The van der Waals surface area contributed by atoms with Gasteiger partial charge in [-0.2, -0.15) is 0 Å². The van der Waals surface area contributed by atoms with E-state index in [9.17, 15) is 19.2 Å². The molecule has 0 fully saturated rings. The standard InChI is InChI=1S/C21H19N3O6S/c1-10(2)30-21(28)18-11(3)17-19(31-18)22-9-24(20(17)27)7-14(25)12-4-5-15-13(6-12)23-16(26)8-29-15/h4-6,9-10H,7-8H2,1-3H3,(H,23,26). The topological polar surface area (TPSA) is 117 Å². The number of fused-ring (bicyclic) bond motifs is 2. The molecule has 160 valence electrons. The van der Waals surface area contributed by atoms with E-state index in [1.165, 1.54) is 17.0 Å². The number of ether oxygens (including phenoxy) is 2. The Morgan fingerprint density at radius 3 is 2.84 bits per heavy atom. The van der Waals surface area contributed by atoms with Crippen LogP contribution in [-0.4, -0.2) is 39.9 Å². The van der Waals surface area contributed by atoms with Crippen LogP contribution in [0.5, 0.6) is 5.75 Å². The molecule has 1 amide bonds. The predicted octanol–water partition coefficient (Wildman–Crippen LogP) is 2.55. The molecule has 0 saturated carbocycles. The average Bonchev–Trinajstić information content (AvgIpc) is 3.06. The summed E-state index contributed by atoms with van der Waals surface area (Å²) in [7, 11) is 0. The van der Waals surface area contributed by atoms with Gasteiger partial charge in [0, 0.05) is 5.56 Å². The van der Waals surface area contributed by atoms with Crippen molar-refractivity contribution in [2.24, 2.45) is 0 Å². The second-order valence-electron chi connectivity index (χ2n) is 7.34. The van der Waals surface area contributed by atoms with Gasteiger partial charge in [-0.05, 0) is 44.5 Å². The Bertz CT molecular complexity index is 1290. The zero-order valence-corrected chi connectivity index (χ0v) is 17.9. The number of rotatable bonds is 5. The smallest absolute Gasteiger partial charge is 0.348 e. The first-order chi connectivity index (χ1) is 14.7. The molecule has 31 heavy (non-hydrogen) atoms. The van der Waals surface area contributed by atoms with E-state index in [0.717, 1.165) is 11.3 Å². The highest BCUT2D eigenvalue weighted by molar-refractivity contribution is 7.20. The lowest BCUT2D eigenvalue weighted by atomic mass is 10.1. The third-order valence-electron chi connectivity index (χ3n) is 4.69. The van der Waals surface area contributed by atoms with Gasteiger partial charge in [0.05, 0.1) is 30.0 Å². The predicted molar refractivity (Wildman–Crippen MR) is 114 cm³/mol. The number of amides is 1. The van der Waals surface area contributed by atoms with Crippen LogP contribution in [0.4, 0.5) is 5.69 Å². The Morgan fingerprint density at radius 1 is 1.32 bits per heavy atom. The number of ketones is 1. The molecule has 0 aliphatic carbocycles. The van der Waals surface area contributed by atoms with Gasteiger partial charge in [0.2, 0.25) is 0 Å². The number of nitrogens with one attached hydrogen (secondary N) is 1. The molecule has 0 spiro atoms. The fourth-order valence-corrected chi connectivity index (χ4v) is 4.26. The van der Waals surface area contributed by atoms with Gasteiger partial charge >= 0.3 is 5.97 Å². The summed E-state index contributed by atoms with van der Waals surface area (Å²) in [5, 5.41) is 2.94. The Hall–Kier alpha value is -3.53. The molecule has 0 radical (unpaired) electrons. The zero-order chi connectivity index (χ0) is 22.3. The molecule has 0 unspecified atom stereocenters.